The molecule has 0 aromatic heterocycles. The quantitative estimate of drug-likeness (QED) is 0.591. The Morgan fingerprint density at radius 2 is 1.84 bits per heavy atom. The molecule has 1 saturated carbocycles. The van der Waals surface area contributed by atoms with Crippen molar-refractivity contribution in [3.63, 3.8) is 0 Å². The van der Waals surface area contributed by atoms with E-state index in [0.29, 0.717) is 23.7 Å². The van der Waals surface area contributed by atoms with Gasteiger partial charge in [-0.1, -0.05) is 47.6 Å². The van der Waals surface area contributed by atoms with Crippen LogP contribution in [0.5, 0.6) is 0 Å². The molecule has 1 aliphatic rings. The predicted molar refractivity (Wildman–Crippen MR) is 107 cm³/mol. The van der Waals surface area contributed by atoms with Gasteiger partial charge in [-0.3, -0.25) is 4.79 Å². The number of nitrogens with two attached hydrogens (primary N) is 2. The summed E-state index contributed by atoms with van der Waals surface area (Å²) in [6.07, 6.45) is 4.93. The molecule has 1 aliphatic carbocycles. The molecule has 5 N–H and O–H groups in total. The van der Waals surface area contributed by atoms with E-state index in [1.807, 2.05) is 6.92 Å². The Hall–Kier alpha value is -1.03. The average Bonchev–Trinajstić information content (AvgIpc) is 2.45. The number of rotatable bonds is 9. The van der Waals surface area contributed by atoms with Crippen LogP contribution >= 0.6 is 0 Å². The summed E-state index contributed by atoms with van der Waals surface area (Å²) in [6.45, 7) is 17.1. The van der Waals surface area contributed by atoms with Gasteiger partial charge in [0.05, 0.1) is 5.41 Å². The molecule has 0 aromatic carbocycles. The van der Waals surface area contributed by atoms with Crippen LogP contribution in [0.1, 0.15) is 73.6 Å². The smallest absolute Gasteiger partial charge is 0.224 e. The van der Waals surface area contributed by atoms with Gasteiger partial charge in [0.15, 0.2) is 0 Å². The Kier molecular flexibility index (Phi) is 7.98. The lowest BCUT2D eigenvalue weighted by Gasteiger charge is -2.48. The third-order valence-electron chi connectivity index (χ3n) is 5.99. The second kappa shape index (κ2) is 9.07. The zero-order chi connectivity index (χ0) is 19.4. The Morgan fingerprint density at radius 3 is 2.28 bits per heavy atom. The standard InChI is InChI=1S/C21H41N3O/c1-13(2)10-18(24-17(7)16(6)22)12-21(20(23)25)11-15(5)8-9-19(21)14(3)4/h13-16,18-19,24H,7-12,22H2,1-6H3,(H2,23,25)/t15?,16-,18+,19?,21?/m1/s1. The monoisotopic (exact) mass is 351 g/mol. The highest BCUT2D eigenvalue weighted by Crippen LogP contribution is 2.50. The van der Waals surface area contributed by atoms with Gasteiger partial charge in [-0.2, -0.15) is 0 Å². The van der Waals surface area contributed by atoms with Crippen LogP contribution in [-0.2, 0) is 4.79 Å². The number of amides is 1. The van der Waals surface area contributed by atoms with Crippen molar-refractivity contribution in [1.82, 2.24) is 5.32 Å². The maximum atomic E-state index is 12.7. The Balaban J connectivity index is 3.14. The van der Waals surface area contributed by atoms with E-state index in [4.69, 9.17) is 11.5 Å². The SMILES string of the molecule is C=C(N[C@@H](CC(C)C)CC1(C(N)=O)CC(C)CCC1C(C)C)[C@@H](C)N. The largest absolute Gasteiger partial charge is 0.385 e. The zero-order valence-electron chi connectivity index (χ0n) is 17.3. The topological polar surface area (TPSA) is 81.1 Å². The summed E-state index contributed by atoms with van der Waals surface area (Å²) in [6, 6.07) is 0.0721. The first-order valence-electron chi connectivity index (χ1n) is 10.00. The Bertz CT molecular complexity index is 458. The van der Waals surface area contributed by atoms with Crippen LogP contribution in [0.25, 0.3) is 0 Å². The predicted octanol–water partition coefficient (Wildman–Crippen LogP) is 3.81. The van der Waals surface area contributed by atoms with Gasteiger partial charge in [0.25, 0.3) is 0 Å². The van der Waals surface area contributed by atoms with E-state index in [2.05, 4.69) is 46.5 Å². The van der Waals surface area contributed by atoms with Crippen molar-refractivity contribution in [3.05, 3.63) is 12.3 Å². The molecule has 1 rings (SSSR count). The third kappa shape index (κ3) is 5.73. The second-order valence-corrected chi connectivity index (χ2v) is 9.25. The molecule has 0 radical (unpaired) electrons. The van der Waals surface area contributed by atoms with Gasteiger partial charge >= 0.3 is 0 Å². The first-order chi connectivity index (χ1) is 11.5. The highest BCUT2D eigenvalue weighted by molar-refractivity contribution is 5.81. The minimum Gasteiger partial charge on any atom is -0.385 e. The molecule has 0 spiro atoms. The molecular weight excluding hydrogens is 310 g/mol. The van der Waals surface area contributed by atoms with E-state index < -0.39 is 5.41 Å². The van der Waals surface area contributed by atoms with Crippen LogP contribution in [-0.4, -0.2) is 18.0 Å². The molecule has 0 aromatic rings. The number of carbonyl (C=O) groups is 1. The average molecular weight is 352 g/mol. The first kappa shape index (κ1) is 22.0. The van der Waals surface area contributed by atoms with Gasteiger partial charge in [-0.25, -0.2) is 0 Å². The summed E-state index contributed by atoms with van der Waals surface area (Å²) in [5, 5.41) is 3.52. The molecule has 1 fully saturated rings. The number of nitrogens with one attached hydrogen (secondary N) is 1. The van der Waals surface area contributed by atoms with E-state index in [1.54, 1.807) is 0 Å². The summed E-state index contributed by atoms with van der Waals surface area (Å²) in [5.41, 5.74) is 12.4. The van der Waals surface area contributed by atoms with Crippen LogP contribution in [0.15, 0.2) is 12.3 Å². The molecule has 0 aliphatic heterocycles. The van der Waals surface area contributed by atoms with E-state index in [0.717, 1.165) is 31.4 Å². The molecule has 0 heterocycles. The lowest BCUT2D eigenvalue weighted by Crippen LogP contribution is -2.52. The van der Waals surface area contributed by atoms with Crippen LogP contribution in [0.3, 0.4) is 0 Å². The van der Waals surface area contributed by atoms with E-state index in [1.165, 1.54) is 6.42 Å². The van der Waals surface area contributed by atoms with E-state index >= 15 is 0 Å². The van der Waals surface area contributed by atoms with Gasteiger partial charge < -0.3 is 16.8 Å². The molecule has 1 amide bonds. The fourth-order valence-corrected chi connectivity index (χ4v) is 4.80. The highest BCUT2D eigenvalue weighted by Gasteiger charge is 2.49. The van der Waals surface area contributed by atoms with Gasteiger partial charge in [-0.05, 0) is 56.3 Å². The van der Waals surface area contributed by atoms with Gasteiger partial charge in [0.2, 0.25) is 5.91 Å². The molecule has 4 heteroatoms. The molecule has 25 heavy (non-hydrogen) atoms. The van der Waals surface area contributed by atoms with Crippen molar-refractivity contribution >= 4 is 5.91 Å². The molecule has 4 nitrogen and oxygen atoms in total. The molecule has 0 bridgehead atoms. The molecule has 3 unspecified atom stereocenters. The van der Waals surface area contributed by atoms with Crippen LogP contribution in [0.4, 0.5) is 0 Å². The molecule has 0 saturated heterocycles. The summed E-state index contributed by atoms with van der Waals surface area (Å²) in [4.78, 5) is 12.7. The fraction of sp³-hybridized carbons (Fsp3) is 0.857. The third-order valence-corrected chi connectivity index (χ3v) is 5.99. The van der Waals surface area contributed by atoms with Gasteiger partial charge in [0, 0.05) is 17.8 Å². The highest BCUT2D eigenvalue weighted by atomic mass is 16.1. The van der Waals surface area contributed by atoms with E-state index in [-0.39, 0.29) is 18.0 Å². The number of carbonyl (C=O) groups excluding carboxylic acids is 1. The summed E-state index contributed by atoms with van der Waals surface area (Å²) in [7, 11) is 0. The van der Waals surface area contributed by atoms with Crippen molar-refractivity contribution in [1.29, 1.82) is 0 Å². The first-order valence-corrected chi connectivity index (χ1v) is 10.00. The van der Waals surface area contributed by atoms with Crippen molar-refractivity contribution < 1.29 is 4.79 Å². The van der Waals surface area contributed by atoms with Crippen molar-refractivity contribution in [2.24, 2.45) is 40.6 Å². The van der Waals surface area contributed by atoms with Gasteiger partial charge in [0.1, 0.15) is 0 Å². The second-order valence-electron chi connectivity index (χ2n) is 9.25. The maximum Gasteiger partial charge on any atom is 0.224 e. The minimum atomic E-state index is -0.434. The van der Waals surface area contributed by atoms with Crippen LogP contribution in [0.2, 0.25) is 0 Å². The zero-order valence-corrected chi connectivity index (χ0v) is 17.3. The fourth-order valence-electron chi connectivity index (χ4n) is 4.80. The number of primary amides is 1. The number of hydrogen-bond acceptors (Lipinski definition) is 3. The van der Waals surface area contributed by atoms with Crippen molar-refractivity contribution in [2.75, 3.05) is 0 Å². The molecule has 5 atom stereocenters. The minimum absolute atomic E-state index is 0.106. The van der Waals surface area contributed by atoms with Crippen molar-refractivity contribution in [2.45, 2.75) is 85.7 Å². The summed E-state index contributed by atoms with van der Waals surface area (Å²) < 4.78 is 0. The van der Waals surface area contributed by atoms with Crippen molar-refractivity contribution in [3.8, 4) is 0 Å². The summed E-state index contributed by atoms with van der Waals surface area (Å²) in [5.74, 6) is 1.75. The number of hydrogen-bond donors (Lipinski definition) is 3. The molecular formula is C21H41N3O. The van der Waals surface area contributed by atoms with Crippen LogP contribution in [0, 0.1) is 29.1 Å². The lowest BCUT2D eigenvalue weighted by atomic mass is 9.57. The Morgan fingerprint density at radius 1 is 1.24 bits per heavy atom. The van der Waals surface area contributed by atoms with Gasteiger partial charge in [-0.15, -0.1) is 0 Å². The van der Waals surface area contributed by atoms with E-state index in [9.17, 15) is 4.79 Å². The van der Waals surface area contributed by atoms with Crippen LogP contribution < -0.4 is 16.8 Å². The lowest BCUT2D eigenvalue weighted by molar-refractivity contribution is -0.137. The normalized spacial score (nSPS) is 29.5. The maximum absolute atomic E-state index is 12.7. The Labute approximate surface area is 155 Å². The summed E-state index contributed by atoms with van der Waals surface area (Å²) >= 11 is 0. The molecule has 146 valence electrons.